The minimum atomic E-state index is 0.166. The maximum absolute atomic E-state index is 12.5. The monoisotopic (exact) mass is 342 g/mol. The van der Waals surface area contributed by atoms with Gasteiger partial charge in [-0.15, -0.1) is 0 Å². The molecule has 0 saturated carbocycles. The van der Waals surface area contributed by atoms with E-state index in [-0.39, 0.29) is 5.92 Å². The summed E-state index contributed by atoms with van der Waals surface area (Å²) in [4.78, 5) is 16.8. The van der Waals surface area contributed by atoms with Gasteiger partial charge in [-0.1, -0.05) is 11.3 Å². The number of hydrogen-bond donors (Lipinski definition) is 0. The molecule has 8 heteroatoms. The van der Waals surface area contributed by atoms with E-state index in [1.54, 1.807) is 11.3 Å². The molecule has 1 aromatic heterocycles. The predicted octanol–water partition coefficient (Wildman–Crippen LogP) is 1.51. The molecule has 3 rings (SSSR count). The van der Waals surface area contributed by atoms with Gasteiger partial charge < -0.3 is 9.64 Å². The van der Waals surface area contributed by atoms with Crippen LogP contribution in [-0.2, 0) is 16.2 Å². The Morgan fingerprint density at radius 3 is 2.59 bits per heavy atom. The number of likely N-dealkylation sites (tertiary alicyclic amines) is 1. The summed E-state index contributed by atoms with van der Waals surface area (Å²) in [6.45, 7) is 7.40. The zero-order chi connectivity index (χ0) is 15.5. The van der Waals surface area contributed by atoms with Gasteiger partial charge in [0.1, 0.15) is 5.01 Å². The number of rotatable bonds is 3. The predicted molar refractivity (Wildman–Crippen MR) is 87.4 cm³/mol. The van der Waals surface area contributed by atoms with Gasteiger partial charge in [-0.3, -0.25) is 9.69 Å². The van der Waals surface area contributed by atoms with Crippen molar-refractivity contribution in [3.8, 4) is 0 Å². The van der Waals surface area contributed by atoms with Crippen LogP contribution < -0.4 is 0 Å². The van der Waals surface area contributed by atoms with Crippen LogP contribution in [0.4, 0.5) is 0 Å². The first-order chi connectivity index (χ1) is 10.6. The Labute approximate surface area is 139 Å². The number of carbonyl (C=O) groups excluding carboxylic acids is 1. The molecule has 0 atom stereocenters. The number of ether oxygens (including phenoxy) is 1. The van der Waals surface area contributed by atoms with Crippen molar-refractivity contribution in [1.82, 2.24) is 19.6 Å². The number of aryl methyl sites for hydroxylation is 1. The van der Waals surface area contributed by atoms with Gasteiger partial charge >= 0.3 is 0 Å². The lowest BCUT2D eigenvalue weighted by molar-refractivity contribution is -0.141. The largest absolute Gasteiger partial charge is 0.378 e. The van der Waals surface area contributed by atoms with Gasteiger partial charge in [-0.05, 0) is 32.0 Å². The lowest BCUT2D eigenvalue weighted by Gasteiger charge is -2.35. The van der Waals surface area contributed by atoms with Crippen molar-refractivity contribution < 1.29 is 9.53 Å². The Morgan fingerprint density at radius 2 is 2.00 bits per heavy atom. The molecule has 2 aliphatic rings. The van der Waals surface area contributed by atoms with Crippen LogP contribution >= 0.6 is 23.6 Å². The average Bonchev–Trinajstić information content (AvgIpc) is 2.86. The summed E-state index contributed by atoms with van der Waals surface area (Å²) in [5, 5.41) is 5.43. The van der Waals surface area contributed by atoms with E-state index < -0.39 is 0 Å². The molecule has 2 aliphatic heterocycles. The minimum Gasteiger partial charge on any atom is -0.378 e. The molecule has 1 aromatic rings. The molecule has 2 saturated heterocycles. The van der Waals surface area contributed by atoms with Crippen LogP contribution in [-0.4, -0.2) is 64.9 Å². The van der Waals surface area contributed by atoms with Crippen molar-refractivity contribution in [2.24, 2.45) is 5.92 Å². The van der Waals surface area contributed by atoms with Gasteiger partial charge in [-0.2, -0.15) is 5.10 Å². The zero-order valence-corrected chi connectivity index (χ0v) is 14.5. The summed E-state index contributed by atoms with van der Waals surface area (Å²) in [6, 6.07) is 0. The Balaban J connectivity index is 1.50. The van der Waals surface area contributed by atoms with Crippen molar-refractivity contribution >= 4 is 29.5 Å². The molecule has 0 spiro atoms. The highest BCUT2D eigenvalue weighted by Gasteiger charge is 2.29. The maximum atomic E-state index is 12.5. The van der Waals surface area contributed by atoms with Crippen LogP contribution in [0.5, 0.6) is 0 Å². The lowest BCUT2D eigenvalue weighted by atomic mass is 9.95. The third kappa shape index (κ3) is 3.73. The number of morpholine rings is 1. The Bertz CT molecular complexity index is 572. The number of nitrogens with zero attached hydrogens (tertiary/aromatic N) is 4. The highest BCUT2D eigenvalue weighted by atomic mass is 32.1. The smallest absolute Gasteiger partial charge is 0.225 e. The molecule has 22 heavy (non-hydrogen) atoms. The summed E-state index contributed by atoms with van der Waals surface area (Å²) in [5.41, 5.74) is 0. The molecular weight excluding hydrogens is 320 g/mol. The van der Waals surface area contributed by atoms with Crippen molar-refractivity contribution in [3.63, 3.8) is 0 Å². The van der Waals surface area contributed by atoms with Gasteiger partial charge in [-0.25, -0.2) is 4.68 Å². The summed E-state index contributed by atoms with van der Waals surface area (Å²) in [6.07, 6.45) is 1.85. The molecule has 0 aromatic carbocycles. The highest BCUT2D eigenvalue weighted by Crippen LogP contribution is 2.21. The van der Waals surface area contributed by atoms with Gasteiger partial charge in [0.25, 0.3) is 0 Å². The van der Waals surface area contributed by atoms with Crippen molar-refractivity contribution in [1.29, 1.82) is 0 Å². The Kier molecular flexibility index (Phi) is 5.22. The van der Waals surface area contributed by atoms with Crippen LogP contribution in [0, 0.1) is 16.8 Å². The van der Waals surface area contributed by atoms with Crippen molar-refractivity contribution in [2.45, 2.75) is 26.4 Å². The van der Waals surface area contributed by atoms with E-state index in [0.29, 0.717) is 19.1 Å². The first kappa shape index (κ1) is 16.0. The molecule has 0 unspecified atom stereocenters. The Hall–Kier alpha value is -0.830. The molecule has 3 heterocycles. The maximum Gasteiger partial charge on any atom is 0.225 e. The molecule has 0 bridgehead atoms. The fourth-order valence-electron chi connectivity index (χ4n) is 3.05. The lowest BCUT2D eigenvalue weighted by Crippen LogP contribution is -2.47. The molecule has 0 radical (unpaired) electrons. The topological polar surface area (TPSA) is 50.6 Å². The molecule has 0 N–H and O–H groups in total. The Morgan fingerprint density at radius 1 is 1.32 bits per heavy atom. The first-order valence-corrected chi connectivity index (χ1v) is 8.99. The standard InChI is InChI=1S/C14H22N4O2S2/c1-11-15-18(14(21)22-11)10-16-4-2-12(3-5-16)13(19)17-6-8-20-9-7-17/h12H,2-10H2,1H3. The SMILES string of the molecule is Cc1nn(CN2CCC(C(=O)N3CCOCC3)CC2)c(=S)s1. The molecule has 0 aliphatic carbocycles. The normalized spacial score (nSPS) is 21.2. The molecule has 122 valence electrons. The fraction of sp³-hybridized carbons (Fsp3) is 0.786. The van der Waals surface area contributed by atoms with Gasteiger partial charge in [0.15, 0.2) is 3.95 Å². The summed E-state index contributed by atoms with van der Waals surface area (Å²) >= 11 is 6.86. The van der Waals surface area contributed by atoms with E-state index in [2.05, 4.69) is 10.00 Å². The van der Waals surface area contributed by atoms with Crippen molar-refractivity contribution in [3.05, 3.63) is 8.96 Å². The fourth-order valence-corrected chi connectivity index (χ4v) is 4.11. The van der Waals surface area contributed by atoms with Gasteiger partial charge in [0, 0.05) is 32.1 Å². The summed E-state index contributed by atoms with van der Waals surface area (Å²) < 4.78 is 8.02. The number of aromatic nitrogens is 2. The first-order valence-electron chi connectivity index (χ1n) is 7.77. The molecular formula is C14H22N4O2S2. The second-order valence-electron chi connectivity index (χ2n) is 5.86. The number of piperidine rings is 1. The van der Waals surface area contributed by atoms with Crippen LogP contribution in [0.2, 0.25) is 0 Å². The van der Waals surface area contributed by atoms with Crippen LogP contribution in [0.25, 0.3) is 0 Å². The van der Waals surface area contributed by atoms with Gasteiger partial charge in [0.05, 0.1) is 19.9 Å². The van der Waals surface area contributed by atoms with E-state index in [9.17, 15) is 4.79 Å². The third-order valence-corrected chi connectivity index (χ3v) is 5.52. The second-order valence-corrected chi connectivity index (χ2v) is 7.68. The molecule has 6 nitrogen and oxygen atoms in total. The summed E-state index contributed by atoms with van der Waals surface area (Å²) in [5.74, 6) is 0.476. The van der Waals surface area contributed by atoms with E-state index in [4.69, 9.17) is 17.0 Å². The summed E-state index contributed by atoms with van der Waals surface area (Å²) in [7, 11) is 0. The van der Waals surface area contributed by atoms with Crippen LogP contribution in [0.3, 0.4) is 0 Å². The van der Waals surface area contributed by atoms with E-state index in [0.717, 1.165) is 54.7 Å². The second kappa shape index (κ2) is 7.16. The van der Waals surface area contributed by atoms with E-state index in [1.807, 2.05) is 16.5 Å². The third-order valence-electron chi connectivity index (χ3n) is 4.30. The number of carbonyl (C=O) groups is 1. The van der Waals surface area contributed by atoms with Crippen LogP contribution in [0.1, 0.15) is 17.8 Å². The van der Waals surface area contributed by atoms with E-state index in [1.165, 1.54) is 0 Å². The number of hydrogen-bond acceptors (Lipinski definition) is 6. The van der Waals surface area contributed by atoms with Crippen molar-refractivity contribution in [2.75, 3.05) is 39.4 Å². The van der Waals surface area contributed by atoms with E-state index >= 15 is 0 Å². The van der Waals surface area contributed by atoms with Crippen LogP contribution in [0.15, 0.2) is 0 Å². The molecule has 1 amide bonds. The molecule has 2 fully saturated rings. The van der Waals surface area contributed by atoms with Gasteiger partial charge in [0.2, 0.25) is 5.91 Å². The quantitative estimate of drug-likeness (QED) is 0.780. The highest BCUT2D eigenvalue weighted by molar-refractivity contribution is 7.73. The minimum absolute atomic E-state index is 0.166. The average molecular weight is 342 g/mol. The number of amides is 1. The zero-order valence-electron chi connectivity index (χ0n) is 12.9.